The summed E-state index contributed by atoms with van der Waals surface area (Å²) in [6, 6.07) is 11.3. The summed E-state index contributed by atoms with van der Waals surface area (Å²) < 4.78 is 0. The number of nitrogens with zero attached hydrogens (tertiary/aromatic N) is 2. The molecule has 1 aliphatic carbocycles. The van der Waals surface area contributed by atoms with Gasteiger partial charge >= 0.3 is 0 Å². The number of aromatic nitrogens is 1. The maximum Gasteiger partial charge on any atom is 0.296 e. The summed E-state index contributed by atoms with van der Waals surface area (Å²) in [6.07, 6.45) is 4.51. The quantitative estimate of drug-likeness (QED) is 0.495. The van der Waals surface area contributed by atoms with Gasteiger partial charge in [-0.3, -0.25) is 10.1 Å². The fourth-order valence-electron chi connectivity index (χ4n) is 3.34. The lowest BCUT2D eigenvalue weighted by molar-refractivity contribution is -0.384. The Kier molecular flexibility index (Phi) is 3.27. The molecule has 23 heavy (non-hydrogen) atoms. The van der Waals surface area contributed by atoms with E-state index >= 15 is 0 Å². The second-order valence-corrected chi connectivity index (χ2v) is 6.15. The first-order valence-electron chi connectivity index (χ1n) is 7.49. The van der Waals surface area contributed by atoms with Crippen molar-refractivity contribution in [1.29, 1.82) is 0 Å². The zero-order valence-corrected chi connectivity index (χ0v) is 13.0. The molecule has 2 aromatic carbocycles. The number of halogens is 1. The van der Waals surface area contributed by atoms with Crippen LogP contribution in [0.2, 0.25) is 5.02 Å². The van der Waals surface area contributed by atoms with Crippen molar-refractivity contribution in [3.05, 3.63) is 68.9 Å². The number of aryl methyl sites for hydroxylation is 2. The highest BCUT2D eigenvalue weighted by molar-refractivity contribution is 6.34. The molecule has 0 spiro atoms. The van der Waals surface area contributed by atoms with E-state index in [1.807, 2.05) is 18.2 Å². The lowest BCUT2D eigenvalue weighted by Crippen LogP contribution is -1.97. The summed E-state index contributed by atoms with van der Waals surface area (Å²) in [5.41, 5.74) is 4.55. The molecule has 0 bridgehead atoms. The van der Waals surface area contributed by atoms with E-state index in [-0.39, 0.29) is 5.69 Å². The van der Waals surface area contributed by atoms with Crippen molar-refractivity contribution < 1.29 is 4.92 Å². The fourth-order valence-corrected chi connectivity index (χ4v) is 3.57. The van der Waals surface area contributed by atoms with Gasteiger partial charge in [-0.1, -0.05) is 29.8 Å². The molecule has 3 aromatic rings. The standard InChI is InChI=1S/C18H13ClN2O2/c19-15-7-2-1-6-13(15)18-14-8-11-4-3-5-12(11)9-16(14)20-10-17(18)21(22)23/h1-2,6-10H,3-5H2. The van der Waals surface area contributed by atoms with Gasteiger partial charge in [0, 0.05) is 16.0 Å². The van der Waals surface area contributed by atoms with Gasteiger partial charge in [0.05, 0.1) is 16.0 Å². The van der Waals surface area contributed by atoms with Crippen LogP contribution in [0, 0.1) is 10.1 Å². The van der Waals surface area contributed by atoms with Crippen molar-refractivity contribution in [3.63, 3.8) is 0 Å². The monoisotopic (exact) mass is 324 g/mol. The molecule has 4 rings (SSSR count). The van der Waals surface area contributed by atoms with Gasteiger partial charge in [-0.2, -0.15) is 0 Å². The Bertz CT molecular complexity index is 953. The zero-order valence-electron chi connectivity index (χ0n) is 12.3. The van der Waals surface area contributed by atoms with Crippen molar-refractivity contribution in [2.45, 2.75) is 19.3 Å². The van der Waals surface area contributed by atoms with E-state index in [9.17, 15) is 10.1 Å². The van der Waals surface area contributed by atoms with Crippen LogP contribution >= 0.6 is 11.6 Å². The second-order valence-electron chi connectivity index (χ2n) is 5.75. The van der Waals surface area contributed by atoms with Gasteiger partial charge in [0.25, 0.3) is 5.69 Å². The molecule has 0 N–H and O–H groups in total. The Labute approximate surface area is 137 Å². The van der Waals surface area contributed by atoms with Crippen LogP contribution in [0.5, 0.6) is 0 Å². The first kappa shape index (κ1) is 14.2. The van der Waals surface area contributed by atoms with Crippen LogP contribution in [-0.4, -0.2) is 9.91 Å². The van der Waals surface area contributed by atoms with E-state index in [1.54, 1.807) is 6.07 Å². The third kappa shape index (κ3) is 2.26. The minimum Gasteiger partial charge on any atom is -0.258 e. The average molecular weight is 325 g/mol. The Morgan fingerprint density at radius 3 is 2.61 bits per heavy atom. The Morgan fingerprint density at radius 1 is 1.13 bits per heavy atom. The summed E-state index contributed by atoms with van der Waals surface area (Å²) in [7, 11) is 0. The molecule has 1 aromatic heterocycles. The van der Waals surface area contributed by atoms with Crippen LogP contribution in [0.25, 0.3) is 22.0 Å². The summed E-state index contributed by atoms with van der Waals surface area (Å²) in [6.45, 7) is 0. The third-order valence-corrected chi connectivity index (χ3v) is 4.73. The molecule has 0 saturated carbocycles. The van der Waals surface area contributed by atoms with E-state index in [4.69, 9.17) is 11.6 Å². The second kappa shape index (κ2) is 5.32. The van der Waals surface area contributed by atoms with Gasteiger partial charge in [0.1, 0.15) is 6.20 Å². The number of pyridine rings is 1. The molecule has 0 aliphatic heterocycles. The Balaban J connectivity index is 2.12. The van der Waals surface area contributed by atoms with E-state index in [0.29, 0.717) is 16.1 Å². The number of fused-ring (bicyclic) bond motifs is 2. The fraction of sp³-hybridized carbons (Fsp3) is 0.167. The summed E-state index contributed by atoms with van der Waals surface area (Å²) in [4.78, 5) is 15.4. The molecular weight excluding hydrogens is 312 g/mol. The van der Waals surface area contributed by atoms with Gasteiger partial charge in [0.15, 0.2) is 0 Å². The van der Waals surface area contributed by atoms with Crippen LogP contribution in [-0.2, 0) is 12.8 Å². The predicted molar refractivity (Wildman–Crippen MR) is 90.9 cm³/mol. The molecule has 1 aliphatic rings. The van der Waals surface area contributed by atoms with Crippen molar-refractivity contribution in [2.75, 3.05) is 0 Å². The highest BCUT2D eigenvalue weighted by Gasteiger charge is 2.23. The molecule has 1 heterocycles. The van der Waals surface area contributed by atoms with E-state index < -0.39 is 4.92 Å². The highest BCUT2D eigenvalue weighted by atomic mass is 35.5. The molecule has 0 saturated heterocycles. The average Bonchev–Trinajstić information content (AvgIpc) is 2.99. The third-order valence-electron chi connectivity index (χ3n) is 4.40. The molecule has 4 nitrogen and oxygen atoms in total. The Morgan fingerprint density at radius 2 is 1.87 bits per heavy atom. The maximum absolute atomic E-state index is 11.5. The number of rotatable bonds is 2. The van der Waals surface area contributed by atoms with Gasteiger partial charge in [-0.05, 0) is 48.6 Å². The zero-order chi connectivity index (χ0) is 16.0. The number of hydrogen-bond acceptors (Lipinski definition) is 3. The van der Waals surface area contributed by atoms with Gasteiger partial charge < -0.3 is 0 Å². The van der Waals surface area contributed by atoms with Crippen LogP contribution in [0.15, 0.2) is 42.6 Å². The molecule has 114 valence electrons. The van der Waals surface area contributed by atoms with E-state index in [0.717, 1.165) is 30.2 Å². The summed E-state index contributed by atoms with van der Waals surface area (Å²) in [5, 5.41) is 12.8. The topological polar surface area (TPSA) is 56.0 Å². The minimum atomic E-state index is -0.391. The molecule has 5 heteroatoms. The van der Waals surface area contributed by atoms with Gasteiger partial charge in [-0.25, -0.2) is 4.98 Å². The van der Waals surface area contributed by atoms with Gasteiger partial charge in [-0.15, -0.1) is 0 Å². The van der Waals surface area contributed by atoms with Crippen molar-refractivity contribution >= 4 is 28.2 Å². The van der Waals surface area contributed by atoms with Crippen molar-refractivity contribution in [1.82, 2.24) is 4.98 Å². The number of benzene rings is 2. The SMILES string of the molecule is O=[N+]([O-])c1cnc2cc3c(cc2c1-c1ccccc1Cl)CCC3. The van der Waals surface area contributed by atoms with Crippen LogP contribution in [0.4, 0.5) is 5.69 Å². The van der Waals surface area contributed by atoms with Crippen LogP contribution in [0.3, 0.4) is 0 Å². The van der Waals surface area contributed by atoms with E-state index in [1.165, 1.54) is 17.3 Å². The van der Waals surface area contributed by atoms with Crippen LogP contribution in [0.1, 0.15) is 17.5 Å². The highest BCUT2D eigenvalue weighted by Crippen LogP contribution is 2.40. The van der Waals surface area contributed by atoms with E-state index in [2.05, 4.69) is 17.1 Å². The molecule has 0 fully saturated rings. The lowest BCUT2D eigenvalue weighted by Gasteiger charge is -2.11. The first-order valence-corrected chi connectivity index (χ1v) is 7.87. The van der Waals surface area contributed by atoms with Crippen molar-refractivity contribution in [2.24, 2.45) is 0 Å². The molecular formula is C18H13ClN2O2. The summed E-state index contributed by atoms with van der Waals surface area (Å²) >= 11 is 6.31. The maximum atomic E-state index is 11.5. The van der Waals surface area contributed by atoms with Gasteiger partial charge in [0.2, 0.25) is 0 Å². The molecule has 0 amide bonds. The number of hydrogen-bond donors (Lipinski definition) is 0. The van der Waals surface area contributed by atoms with Crippen molar-refractivity contribution in [3.8, 4) is 11.1 Å². The smallest absolute Gasteiger partial charge is 0.258 e. The Hall–Kier alpha value is -2.46. The minimum absolute atomic E-state index is 0.0106. The first-order chi connectivity index (χ1) is 11.1. The normalized spacial score (nSPS) is 13.3. The largest absolute Gasteiger partial charge is 0.296 e. The molecule has 0 radical (unpaired) electrons. The molecule has 0 atom stereocenters. The molecule has 0 unspecified atom stereocenters. The lowest BCUT2D eigenvalue weighted by atomic mass is 9.96. The summed E-state index contributed by atoms with van der Waals surface area (Å²) in [5.74, 6) is 0. The predicted octanol–water partition coefficient (Wildman–Crippen LogP) is 4.95. The van der Waals surface area contributed by atoms with Crippen LogP contribution < -0.4 is 0 Å². The number of nitro groups is 1.